The number of amides is 1. The first-order chi connectivity index (χ1) is 13.2. The molecule has 3 aromatic rings. The lowest BCUT2D eigenvalue weighted by molar-refractivity contribution is -0.117. The summed E-state index contributed by atoms with van der Waals surface area (Å²) in [6, 6.07) is 14.8. The van der Waals surface area contributed by atoms with Gasteiger partial charge in [-0.3, -0.25) is 4.79 Å². The number of methoxy groups -OCH3 is 1. The molecule has 8 heteroatoms. The molecular weight excluding hydrogens is 346 g/mol. The Morgan fingerprint density at radius 1 is 1.19 bits per heavy atom. The third kappa shape index (κ3) is 4.60. The molecule has 140 valence electrons. The minimum absolute atomic E-state index is 0.237. The number of rotatable bonds is 8. The molecule has 8 nitrogen and oxygen atoms in total. The summed E-state index contributed by atoms with van der Waals surface area (Å²) in [5.74, 6) is 0.859. The lowest BCUT2D eigenvalue weighted by atomic mass is 9.97. The van der Waals surface area contributed by atoms with E-state index in [0.29, 0.717) is 30.3 Å². The zero-order chi connectivity index (χ0) is 19.1. The van der Waals surface area contributed by atoms with Crippen molar-refractivity contribution in [2.75, 3.05) is 19.0 Å². The van der Waals surface area contributed by atoms with Gasteiger partial charge in [0.2, 0.25) is 5.91 Å². The summed E-state index contributed by atoms with van der Waals surface area (Å²) in [7, 11) is 1.61. The maximum Gasteiger partial charge on any atom is 0.235 e. The molecule has 1 unspecified atom stereocenters. The number of tetrazole rings is 1. The Kier molecular flexibility index (Phi) is 5.98. The number of carbonyl (C=O) groups is 1. The molecule has 0 aliphatic heterocycles. The highest BCUT2D eigenvalue weighted by Gasteiger charge is 2.26. The number of para-hydroxylation sites is 2. The van der Waals surface area contributed by atoms with Crippen LogP contribution >= 0.6 is 0 Å². The second-order valence-corrected chi connectivity index (χ2v) is 5.79. The Bertz CT molecular complexity index is 865. The molecule has 27 heavy (non-hydrogen) atoms. The maximum absolute atomic E-state index is 13.0. The lowest BCUT2D eigenvalue weighted by Crippen LogP contribution is -2.24. The Balaban J connectivity index is 1.81. The fourth-order valence-corrected chi connectivity index (χ4v) is 2.69. The number of anilines is 1. The number of hydrogen-bond acceptors (Lipinski definition) is 6. The van der Waals surface area contributed by atoms with E-state index < -0.39 is 5.92 Å². The summed E-state index contributed by atoms with van der Waals surface area (Å²) in [5, 5.41) is 16.9. The molecular formula is C19H21N5O3. The minimum atomic E-state index is -0.605. The van der Waals surface area contributed by atoms with Crippen LogP contribution < -0.4 is 14.8 Å². The number of ether oxygens (including phenoxy) is 2. The van der Waals surface area contributed by atoms with Gasteiger partial charge in [0.15, 0.2) is 5.82 Å². The van der Waals surface area contributed by atoms with Crippen molar-refractivity contribution in [3.8, 4) is 11.5 Å². The first-order valence-electron chi connectivity index (χ1n) is 8.60. The third-order valence-corrected chi connectivity index (χ3v) is 4.03. The zero-order valence-corrected chi connectivity index (χ0v) is 15.2. The number of benzene rings is 2. The van der Waals surface area contributed by atoms with Gasteiger partial charge in [0.05, 0.1) is 19.4 Å². The van der Waals surface area contributed by atoms with Gasteiger partial charge in [0.1, 0.15) is 17.4 Å². The molecule has 0 spiro atoms. The topological polar surface area (TPSA) is 102 Å². The third-order valence-electron chi connectivity index (χ3n) is 4.03. The van der Waals surface area contributed by atoms with Crippen LogP contribution in [0.4, 0.5) is 5.69 Å². The van der Waals surface area contributed by atoms with Crippen LogP contribution in [0.1, 0.15) is 24.2 Å². The van der Waals surface area contributed by atoms with Gasteiger partial charge in [-0.2, -0.15) is 5.21 Å². The van der Waals surface area contributed by atoms with Gasteiger partial charge in [-0.05, 0) is 43.2 Å². The highest BCUT2D eigenvalue weighted by molar-refractivity contribution is 5.96. The van der Waals surface area contributed by atoms with Crippen molar-refractivity contribution in [2.24, 2.45) is 0 Å². The lowest BCUT2D eigenvalue weighted by Gasteiger charge is -2.16. The number of aromatic nitrogens is 4. The van der Waals surface area contributed by atoms with Crippen molar-refractivity contribution in [3.63, 3.8) is 0 Å². The second-order valence-electron chi connectivity index (χ2n) is 5.79. The molecule has 1 heterocycles. The van der Waals surface area contributed by atoms with Crippen LogP contribution in [0.5, 0.6) is 11.5 Å². The maximum atomic E-state index is 13.0. The summed E-state index contributed by atoms with van der Waals surface area (Å²) in [4.78, 5) is 13.0. The molecule has 1 atom stereocenters. The summed E-state index contributed by atoms with van der Waals surface area (Å²) in [6.07, 6.45) is 0.423. The normalized spacial score (nSPS) is 11.6. The summed E-state index contributed by atoms with van der Waals surface area (Å²) >= 11 is 0. The molecule has 0 aliphatic rings. The number of nitrogens with one attached hydrogen (secondary N) is 2. The highest BCUT2D eigenvalue weighted by atomic mass is 16.5. The van der Waals surface area contributed by atoms with E-state index in [2.05, 4.69) is 25.9 Å². The van der Waals surface area contributed by atoms with Crippen molar-refractivity contribution in [2.45, 2.75) is 19.3 Å². The minimum Gasteiger partial charge on any atom is -0.497 e. The van der Waals surface area contributed by atoms with Crippen LogP contribution in [-0.2, 0) is 11.2 Å². The van der Waals surface area contributed by atoms with E-state index in [1.807, 2.05) is 49.4 Å². The molecule has 1 aromatic heterocycles. The largest absolute Gasteiger partial charge is 0.497 e. The molecule has 0 bridgehead atoms. The van der Waals surface area contributed by atoms with E-state index in [0.717, 1.165) is 11.3 Å². The monoisotopic (exact) mass is 367 g/mol. The average molecular weight is 367 g/mol. The molecule has 0 aliphatic carbocycles. The van der Waals surface area contributed by atoms with E-state index in [1.54, 1.807) is 13.2 Å². The van der Waals surface area contributed by atoms with Gasteiger partial charge in [0, 0.05) is 0 Å². The fraction of sp³-hybridized carbons (Fsp3) is 0.263. The van der Waals surface area contributed by atoms with Crippen molar-refractivity contribution in [1.82, 2.24) is 20.6 Å². The van der Waals surface area contributed by atoms with E-state index in [9.17, 15) is 4.79 Å². The van der Waals surface area contributed by atoms with Crippen molar-refractivity contribution in [1.29, 1.82) is 0 Å². The Labute approximate surface area is 156 Å². The van der Waals surface area contributed by atoms with Gasteiger partial charge < -0.3 is 14.8 Å². The highest BCUT2D eigenvalue weighted by Crippen LogP contribution is 2.27. The first kappa shape index (κ1) is 18.4. The van der Waals surface area contributed by atoms with E-state index in [-0.39, 0.29) is 5.91 Å². The molecule has 3 rings (SSSR count). The predicted molar refractivity (Wildman–Crippen MR) is 99.9 cm³/mol. The zero-order valence-electron chi connectivity index (χ0n) is 15.2. The van der Waals surface area contributed by atoms with E-state index in [1.165, 1.54) is 0 Å². The van der Waals surface area contributed by atoms with Crippen LogP contribution in [0.25, 0.3) is 0 Å². The number of carbonyl (C=O) groups excluding carboxylic acids is 1. The second kappa shape index (κ2) is 8.79. The number of nitrogens with zero attached hydrogens (tertiary/aromatic N) is 3. The Morgan fingerprint density at radius 2 is 1.96 bits per heavy atom. The molecule has 2 N–H and O–H groups in total. The summed E-state index contributed by atoms with van der Waals surface area (Å²) in [5.41, 5.74) is 1.56. The molecule has 0 saturated heterocycles. The SMILES string of the molecule is CCOc1ccccc1NC(=O)C(Cc1ccc(OC)cc1)c1nn[nH]n1. The average Bonchev–Trinajstić information content (AvgIpc) is 3.22. The van der Waals surface area contributed by atoms with Crippen molar-refractivity contribution < 1.29 is 14.3 Å². The van der Waals surface area contributed by atoms with Crippen LogP contribution in [0.3, 0.4) is 0 Å². The molecule has 0 saturated carbocycles. The van der Waals surface area contributed by atoms with Crippen LogP contribution in [0.2, 0.25) is 0 Å². The van der Waals surface area contributed by atoms with Gasteiger partial charge in [0.25, 0.3) is 0 Å². The van der Waals surface area contributed by atoms with Gasteiger partial charge >= 0.3 is 0 Å². The van der Waals surface area contributed by atoms with Crippen LogP contribution in [0.15, 0.2) is 48.5 Å². The smallest absolute Gasteiger partial charge is 0.235 e. The van der Waals surface area contributed by atoms with Gasteiger partial charge in [-0.25, -0.2) is 0 Å². The van der Waals surface area contributed by atoms with Crippen molar-refractivity contribution >= 4 is 11.6 Å². The molecule has 1 amide bonds. The summed E-state index contributed by atoms with van der Waals surface area (Å²) < 4.78 is 10.7. The number of H-pyrrole nitrogens is 1. The van der Waals surface area contributed by atoms with Gasteiger partial charge in [-0.1, -0.05) is 29.5 Å². The molecule has 2 aromatic carbocycles. The quantitative estimate of drug-likeness (QED) is 0.634. The van der Waals surface area contributed by atoms with E-state index >= 15 is 0 Å². The Hall–Kier alpha value is -3.42. The summed E-state index contributed by atoms with van der Waals surface area (Å²) in [6.45, 7) is 2.40. The van der Waals surface area contributed by atoms with Crippen LogP contribution in [0, 0.1) is 0 Å². The molecule has 0 fully saturated rings. The van der Waals surface area contributed by atoms with E-state index in [4.69, 9.17) is 9.47 Å². The standard InChI is InChI=1S/C19H21N5O3/c1-3-27-17-7-5-4-6-16(17)20-19(25)15(18-21-23-24-22-18)12-13-8-10-14(26-2)11-9-13/h4-11,15H,3,12H2,1-2H3,(H,20,25)(H,21,22,23,24). The number of aromatic amines is 1. The predicted octanol–water partition coefficient (Wildman–Crippen LogP) is 2.57. The van der Waals surface area contributed by atoms with Crippen molar-refractivity contribution in [3.05, 3.63) is 59.9 Å². The number of hydrogen-bond donors (Lipinski definition) is 2. The van der Waals surface area contributed by atoms with Crippen LogP contribution in [-0.4, -0.2) is 40.2 Å². The Morgan fingerprint density at radius 3 is 2.63 bits per heavy atom. The fourth-order valence-electron chi connectivity index (χ4n) is 2.69. The molecule has 0 radical (unpaired) electrons. The first-order valence-corrected chi connectivity index (χ1v) is 8.60. The van der Waals surface area contributed by atoms with Gasteiger partial charge in [-0.15, -0.1) is 10.2 Å².